The molecule has 136 valence electrons. The van der Waals surface area contributed by atoms with Gasteiger partial charge in [-0.25, -0.2) is 0 Å². The van der Waals surface area contributed by atoms with Gasteiger partial charge in [0.1, 0.15) is 11.9 Å². The summed E-state index contributed by atoms with van der Waals surface area (Å²) in [5.74, 6) is 1.21. The van der Waals surface area contributed by atoms with E-state index in [1.807, 2.05) is 0 Å². The highest BCUT2D eigenvalue weighted by Gasteiger charge is 2.22. The summed E-state index contributed by atoms with van der Waals surface area (Å²) in [5.41, 5.74) is 24.0. The van der Waals surface area contributed by atoms with Crippen LogP contribution in [0.2, 0.25) is 0 Å². The highest BCUT2D eigenvalue weighted by molar-refractivity contribution is 6.19. The van der Waals surface area contributed by atoms with Crippen LogP contribution in [0.3, 0.4) is 0 Å². The molecular formula is C16H24N4O4Si. The SMILES string of the molecule is NCC(OOc1ccc(N)cc1)C(CN)O[SiH2]Oc1ccc(N)cc1. The molecule has 0 aliphatic heterocycles. The van der Waals surface area contributed by atoms with E-state index in [-0.39, 0.29) is 13.1 Å². The highest BCUT2D eigenvalue weighted by atomic mass is 28.3. The van der Waals surface area contributed by atoms with Gasteiger partial charge in [-0.05, 0) is 48.5 Å². The van der Waals surface area contributed by atoms with Crippen LogP contribution in [0.15, 0.2) is 48.5 Å². The Kier molecular flexibility index (Phi) is 7.51. The average molecular weight is 364 g/mol. The summed E-state index contributed by atoms with van der Waals surface area (Å²) in [6, 6.07) is 13.9. The van der Waals surface area contributed by atoms with Crippen molar-refractivity contribution in [2.45, 2.75) is 12.2 Å². The fourth-order valence-corrected chi connectivity index (χ4v) is 2.90. The van der Waals surface area contributed by atoms with E-state index in [0.29, 0.717) is 22.9 Å². The number of hydrogen-bond acceptors (Lipinski definition) is 8. The molecule has 2 unspecified atom stereocenters. The van der Waals surface area contributed by atoms with Crippen molar-refractivity contribution in [3.05, 3.63) is 48.5 Å². The first kappa shape index (κ1) is 19.0. The molecule has 2 aromatic rings. The van der Waals surface area contributed by atoms with Crippen molar-refractivity contribution >= 4 is 21.4 Å². The summed E-state index contributed by atoms with van der Waals surface area (Å²) in [5, 5.41) is 0. The molecule has 8 nitrogen and oxygen atoms in total. The van der Waals surface area contributed by atoms with E-state index in [2.05, 4.69) is 0 Å². The van der Waals surface area contributed by atoms with Gasteiger partial charge in [-0.2, -0.15) is 4.89 Å². The number of benzene rings is 2. The number of hydrogen-bond donors (Lipinski definition) is 4. The Morgan fingerprint density at radius 1 is 0.760 bits per heavy atom. The molecule has 0 radical (unpaired) electrons. The van der Waals surface area contributed by atoms with E-state index < -0.39 is 22.2 Å². The lowest BCUT2D eigenvalue weighted by Crippen LogP contribution is -2.44. The fourth-order valence-electron chi connectivity index (χ4n) is 1.97. The van der Waals surface area contributed by atoms with Crippen molar-refractivity contribution < 1.29 is 18.6 Å². The minimum Gasteiger partial charge on any atom is -0.525 e. The van der Waals surface area contributed by atoms with E-state index in [4.69, 9.17) is 41.6 Å². The van der Waals surface area contributed by atoms with Crippen LogP contribution in [-0.4, -0.2) is 35.3 Å². The van der Waals surface area contributed by atoms with E-state index in [9.17, 15) is 0 Å². The Bertz CT molecular complexity index is 627. The fraction of sp³-hybridized carbons (Fsp3) is 0.250. The molecule has 0 bridgehead atoms. The minimum absolute atomic E-state index is 0.188. The number of nitrogens with two attached hydrogens (primary N) is 4. The molecule has 9 heteroatoms. The molecule has 0 heterocycles. The third-order valence-corrected chi connectivity index (χ3v) is 4.43. The Labute approximate surface area is 149 Å². The highest BCUT2D eigenvalue weighted by Crippen LogP contribution is 2.16. The Morgan fingerprint density at radius 3 is 1.80 bits per heavy atom. The molecule has 8 N–H and O–H groups in total. The maximum absolute atomic E-state index is 5.75. The molecule has 2 aromatic carbocycles. The second-order valence-corrected chi connectivity index (χ2v) is 6.15. The Hall–Kier alpha value is -2.30. The van der Waals surface area contributed by atoms with Crippen LogP contribution in [0.1, 0.15) is 0 Å². The largest absolute Gasteiger partial charge is 0.525 e. The molecule has 0 fully saturated rings. The minimum atomic E-state index is -1.32. The standard InChI is InChI=1S/C16H24N4O4Si/c17-9-15(22-21-13-5-1-11(19)2-6-13)16(10-18)24-25-23-14-7-3-12(20)4-8-14/h1-8,15-16H,9-10,17-20,25H2. The second-order valence-electron chi connectivity index (χ2n) is 5.29. The molecule has 0 amide bonds. The number of nitrogen functional groups attached to an aromatic ring is 2. The van der Waals surface area contributed by atoms with Crippen molar-refractivity contribution in [3.8, 4) is 11.5 Å². The Balaban J connectivity index is 1.81. The molecule has 0 spiro atoms. The summed E-state index contributed by atoms with van der Waals surface area (Å²) >= 11 is 0. The van der Waals surface area contributed by atoms with Gasteiger partial charge in [0.25, 0.3) is 0 Å². The first-order valence-electron chi connectivity index (χ1n) is 7.81. The zero-order chi connectivity index (χ0) is 18.1. The zero-order valence-electron chi connectivity index (χ0n) is 13.8. The molecule has 25 heavy (non-hydrogen) atoms. The molecule has 0 saturated heterocycles. The summed E-state index contributed by atoms with van der Waals surface area (Å²) in [7, 11) is -1.32. The average Bonchev–Trinajstić information content (AvgIpc) is 2.63. The monoisotopic (exact) mass is 364 g/mol. The predicted molar refractivity (Wildman–Crippen MR) is 99.4 cm³/mol. The maximum Gasteiger partial charge on any atom is 0.366 e. The van der Waals surface area contributed by atoms with Gasteiger partial charge >= 0.3 is 10.0 Å². The van der Waals surface area contributed by atoms with Gasteiger partial charge in [-0.3, -0.25) is 0 Å². The number of rotatable bonds is 10. The number of anilines is 2. The van der Waals surface area contributed by atoms with Crippen LogP contribution in [0, 0.1) is 0 Å². The summed E-state index contributed by atoms with van der Waals surface area (Å²) in [6.07, 6.45) is -0.954. The van der Waals surface area contributed by atoms with Crippen LogP contribution in [0.5, 0.6) is 11.5 Å². The summed E-state index contributed by atoms with van der Waals surface area (Å²) in [6.45, 7) is 0.415. The van der Waals surface area contributed by atoms with Crippen molar-refractivity contribution in [3.63, 3.8) is 0 Å². The van der Waals surface area contributed by atoms with Crippen LogP contribution < -0.4 is 32.2 Å². The van der Waals surface area contributed by atoms with Crippen LogP contribution >= 0.6 is 0 Å². The summed E-state index contributed by atoms with van der Waals surface area (Å²) < 4.78 is 11.4. The predicted octanol–water partition coefficient (Wildman–Crippen LogP) is -0.0896. The lowest BCUT2D eigenvalue weighted by molar-refractivity contribution is -0.259. The van der Waals surface area contributed by atoms with E-state index in [1.165, 1.54) is 0 Å². The van der Waals surface area contributed by atoms with Gasteiger partial charge in [0, 0.05) is 24.5 Å². The lowest BCUT2D eigenvalue weighted by Gasteiger charge is -2.24. The van der Waals surface area contributed by atoms with Crippen LogP contribution in [0.25, 0.3) is 0 Å². The first-order valence-corrected chi connectivity index (χ1v) is 8.96. The third kappa shape index (κ3) is 6.25. The van der Waals surface area contributed by atoms with Gasteiger partial charge in [0.2, 0.25) is 0 Å². The third-order valence-electron chi connectivity index (χ3n) is 3.42. The molecule has 0 saturated carbocycles. The van der Waals surface area contributed by atoms with Crippen molar-refractivity contribution in [2.24, 2.45) is 11.5 Å². The van der Waals surface area contributed by atoms with Crippen molar-refractivity contribution in [1.29, 1.82) is 0 Å². The van der Waals surface area contributed by atoms with Gasteiger partial charge in [-0.15, -0.1) is 0 Å². The lowest BCUT2D eigenvalue weighted by atomic mass is 10.2. The molecule has 2 rings (SSSR count). The molecular weight excluding hydrogens is 340 g/mol. The van der Waals surface area contributed by atoms with Gasteiger partial charge in [0.15, 0.2) is 5.75 Å². The van der Waals surface area contributed by atoms with Gasteiger partial charge in [-0.1, -0.05) is 0 Å². The molecule has 0 aliphatic carbocycles. The summed E-state index contributed by atoms with van der Waals surface area (Å²) in [4.78, 5) is 10.6. The van der Waals surface area contributed by atoms with Gasteiger partial charge in [0.05, 0.1) is 6.10 Å². The van der Waals surface area contributed by atoms with Crippen molar-refractivity contribution in [2.75, 3.05) is 24.6 Å². The molecule has 2 atom stereocenters. The molecule has 0 aromatic heterocycles. The normalized spacial score (nSPS) is 13.7. The van der Waals surface area contributed by atoms with E-state index >= 15 is 0 Å². The van der Waals surface area contributed by atoms with E-state index in [0.717, 1.165) is 0 Å². The maximum atomic E-state index is 5.75. The second kappa shape index (κ2) is 9.86. The van der Waals surface area contributed by atoms with Gasteiger partial charge < -0.3 is 36.7 Å². The zero-order valence-corrected chi connectivity index (χ0v) is 15.3. The van der Waals surface area contributed by atoms with Crippen LogP contribution in [0.4, 0.5) is 11.4 Å². The molecule has 0 aliphatic rings. The Morgan fingerprint density at radius 2 is 1.28 bits per heavy atom. The van der Waals surface area contributed by atoms with Crippen molar-refractivity contribution in [1.82, 2.24) is 0 Å². The van der Waals surface area contributed by atoms with E-state index in [1.54, 1.807) is 48.5 Å². The quantitative estimate of drug-likeness (QED) is 0.198. The first-order chi connectivity index (χ1) is 12.1. The van der Waals surface area contributed by atoms with Crippen LogP contribution in [-0.2, 0) is 9.31 Å². The smallest absolute Gasteiger partial charge is 0.366 e. The topological polar surface area (TPSA) is 141 Å².